The van der Waals surface area contributed by atoms with Gasteiger partial charge in [0.1, 0.15) is 11.7 Å². The first-order chi connectivity index (χ1) is 11.1. The topological polar surface area (TPSA) is 70.2 Å². The molecule has 2 aromatic carbocycles. The van der Waals surface area contributed by atoms with Crippen LogP contribution in [0.4, 0.5) is 10.1 Å². The van der Waals surface area contributed by atoms with Gasteiger partial charge in [0.05, 0.1) is 5.92 Å². The first-order valence-electron chi connectivity index (χ1n) is 7.56. The first-order valence-corrected chi connectivity index (χ1v) is 7.56. The summed E-state index contributed by atoms with van der Waals surface area (Å²) in [7, 11) is 0. The lowest BCUT2D eigenvalue weighted by Gasteiger charge is -2.20. The molecule has 3 N–H and O–H groups in total. The Hall–Kier alpha value is -2.69. The Balaban J connectivity index is 1.94. The molecule has 1 unspecified atom stereocenters. The summed E-state index contributed by atoms with van der Waals surface area (Å²) in [6, 6.07) is 13.4. The van der Waals surface area contributed by atoms with Gasteiger partial charge in [0.25, 0.3) is 0 Å². The molecule has 0 radical (unpaired) electrons. The minimum absolute atomic E-state index is 0.279. The highest BCUT2D eigenvalue weighted by Crippen LogP contribution is 2.29. The van der Waals surface area contributed by atoms with E-state index in [-0.39, 0.29) is 5.56 Å². The Bertz CT molecular complexity index is 742. The van der Waals surface area contributed by atoms with Gasteiger partial charge in [-0.15, -0.1) is 0 Å². The molecule has 4 nitrogen and oxygen atoms in total. The van der Waals surface area contributed by atoms with Crippen LogP contribution in [0.3, 0.4) is 0 Å². The SMILES string of the molecule is N=C1CCCN1c1ccc(C(C(N)=O)c2ccccc2F)cc1. The van der Waals surface area contributed by atoms with E-state index in [1.165, 1.54) is 6.07 Å². The highest BCUT2D eigenvalue weighted by molar-refractivity contribution is 5.97. The molecule has 2 aromatic rings. The average molecular weight is 311 g/mol. The van der Waals surface area contributed by atoms with Crippen molar-refractivity contribution in [2.24, 2.45) is 5.73 Å². The summed E-state index contributed by atoms with van der Waals surface area (Å²) in [4.78, 5) is 13.8. The van der Waals surface area contributed by atoms with E-state index in [1.54, 1.807) is 30.3 Å². The predicted molar refractivity (Wildman–Crippen MR) is 88.2 cm³/mol. The highest BCUT2D eigenvalue weighted by Gasteiger charge is 2.24. The number of primary amides is 1. The average Bonchev–Trinajstić information content (AvgIpc) is 2.96. The number of hydrogen-bond donors (Lipinski definition) is 2. The van der Waals surface area contributed by atoms with Crippen molar-refractivity contribution in [1.29, 1.82) is 5.41 Å². The first kappa shape index (κ1) is 15.2. The van der Waals surface area contributed by atoms with E-state index in [9.17, 15) is 9.18 Å². The minimum atomic E-state index is -0.816. The molecule has 1 heterocycles. The maximum Gasteiger partial charge on any atom is 0.229 e. The Labute approximate surface area is 134 Å². The van der Waals surface area contributed by atoms with Gasteiger partial charge >= 0.3 is 0 Å². The van der Waals surface area contributed by atoms with Crippen LogP contribution in [-0.2, 0) is 4.79 Å². The van der Waals surface area contributed by atoms with Gasteiger partial charge in [0.15, 0.2) is 0 Å². The van der Waals surface area contributed by atoms with Crippen molar-refractivity contribution in [2.45, 2.75) is 18.8 Å². The normalized spacial score (nSPS) is 15.7. The van der Waals surface area contributed by atoms with Gasteiger partial charge in [0.2, 0.25) is 5.91 Å². The van der Waals surface area contributed by atoms with Crippen LogP contribution in [0.5, 0.6) is 0 Å². The standard InChI is InChI=1S/C18H18FN3O/c19-15-5-2-1-4-14(15)17(18(21)23)12-7-9-13(10-8-12)22-11-3-6-16(22)20/h1-2,4-5,7-10,17,20H,3,6,11H2,(H2,21,23). The van der Waals surface area contributed by atoms with Crippen LogP contribution in [0, 0.1) is 11.2 Å². The second-order valence-electron chi connectivity index (χ2n) is 5.65. The van der Waals surface area contributed by atoms with Gasteiger partial charge in [0, 0.05) is 24.2 Å². The largest absolute Gasteiger partial charge is 0.369 e. The van der Waals surface area contributed by atoms with E-state index in [0.29, 0.717) is 11.4 Å². The van der Waals surface area contributed by atoms with E-state index >= 15 is 0 Å². The molecule has 0 saturated carbocycles. The summed E-state index contributed by atoms with van der Waals surface area (Å²) in [5.41, 5.74) is 7.34. The molecule has 5 heteroatoms. The van der Waals surface area contributed by atoms with E-state index in [2.05, 4.69) is 0 Å². The lowest BCUT2D eigenvalue weighted by Crippen LogP contribution is -2.24. The summed E-state index contributed by atoms with van der Waals surface area (Å²) < 4.78 is 14.0. The van der Waals surface area contributed by atoms with Crippen LogP contribution in [0.1, 0.15) is 29.9 Å². The molecule has 0 bridgehead atoms. The summed E-state index contributed by atoms with van der Waals surface area (Å²) in [6.07, 6.45) is 1.75. The molecule has 1 aliphatic heterocycles. The van der Waals surface area contributed by atoms with Gasteiger partial charge in [-0.25, -0.2) is 4.39 Å². The fourth-order valence-electron chi connectivity index (χ4n) is 3.01. The van der Waals surface area contributed by atoms with Crippen molar-refractivity contribution < 1.29 is 9.18 Å². The molecule has 1 amide bonds. The Kier molecular flexibility index (Phi) is 4.10. The number of benzene rings is 2. The van der Waals surface area contributed by atoms with Gasteiger partial charge in [-0.05, 0) is 30.2 Å². The van der Waals surface area contributed by atoms with Crippen molar-refractivity contribution in [1.82, 2.24) is 0 Å². The lowest BCUT2D eigenvalue weighted by atomic mass is 9.90. The fourth-order valence-corrected chi connectivity index (χ4v) is 3.01. The molecule has 0 aromatic heterocycles. The molecule has 23 heavy (non-hydrogen) atoms. The molecule has 1 aliphatic rings. The van der Waals surface area contributed by atoms with E-state index in [0.717, 1.165) is 25.1 Å². The summed E-state index contributed by atoms with van der Waals surface area (Å²) in [6.45, 7) is 0.824. The van der Waals surface area contributed by atoms with E-state index < -0.39 is 17.6 Å². The number of nitrogens with one attached hydrogen (secondary N) is 1. The van der Waals surface area contributed by atoms with Crippen molar-refractivity contribution in [3.63, 3.8) is 0 Å². The van der Waals surface area contributed by atoms with Gasteiger partial charge in [-0.1, -0.05) is 30.3 Å². The van der Waals surface area contributed by atoms with E-state index in [4.69, 9.17) is 11.1 Å². The zero-order chi connectivity index (χ0) is 16.4. The minimum Gasteiger partial charge on any atom is -0.369 e. The number of halogens is 1. The van der Waals surface area contributed by atoms with Crippen molar-refractivity contribution in [2.75, 3.05) is 11.4 Å². The highest BCUT2D eigenvalue weighted by atomic mass is 19.1. The number of amidine groups is 1. The third-order valence-electron chi connectivity index (χ3n) is 4.16. The number of nitrogens with zero attached hydrogens (tertiary/aromatic N) is 1. The second kappa shape index (κ2) is 6.20. The molecule has 1 fully saturated rings. The summed E-state index contributed by atoms with van der Waals surface area (Å²) in [5.74, 6) is -1.25. The Morgan fingerprint density at radius 1 is 1.17 bits per heavy atom. The van der Waals surface area contributed by atoms with Crippen LogP contribution in [-0.4, -0.2) is 18.3 Å². The lowest BCUT2D eigenvalue weighted by molar-refractivity contribution is -0.118. The van der Waals surface area contributed by atoms with Crippen LogP contribution >= 0.6 is 0 Å². The molecule has 1 atom stereocenters. The van der Waals surface area contributed by atoms with Crippen molar-refractivity contribution in [3.05, 3.63) is 65.5 Å². The molecular formula is C18H18FN3O. The zero-order valence-electron chi connectivity index (χ0n) is 12.6. The van der Waals surface area contributed by atoms with Crippen molar-refractivity contribution in [3.8, 4) is 0 Å². The molecule has 118 valence electrons. The van der Waals surface area contributed by atoms with Crippen LogP contribution in [0.15, 0.2) is 48.5 Å². The third-order valence-corrected chi connectivity index (χ3v) is 4.16. The van der Waals surface area contributed by atoms with Crippen molar-refractivity contribution >= 4 is 17.4 Å². The Morgan fingerprint density at radius 3 is 2.43 bits per heavy atom. The number of carbonyl (C=O) groups excluding carboxylic acids is 1. The number of carbonyl (C=O) groups is 1. The molecule has 1 saturated heterocycles. The zero-order valence-corrected chi connectivity index (χ0v) is 12.6. The maximum atomic E-state index is 14.0. The quantitative estimate of drug-likeness (QED) is 0.911. The molecule has 0 aliphatic carbocycles. The third kappa shape index (κ3) is 2.95. The number of nitrogens with two attached hydrogens (primary N) is 1. The van der Waals surface area contributed by atoms with E-state index in [1.807, 2.05) is 17.0 Å². The summed E-state index contributed by atoms with van der Waals surface area (Å²) in [5, 5.41) is 7.91. The molecule has 3 rings (SSSR count). The smallest absolute Gasteiger partial charge is 0.229 e. The van der Waals surface area contributed by atoms with Crippen LogP contribution in [0.2, 0.25) is 0 Å². The predicted octanol–water partition coefficient (Wildman–Crippen LogP) is 3.02. The van der Waals surface area contributed by atoms with Gasteiger partial charge in [-0.2, -0.15) is 0 Å². The van der Waals surface area contributed by atoms with Crippen LogP contribution in [0.25, 0.3) is 0 Å². The van der Waals surface area contributed by atoms with Gasteiger partial charge in [-0.3, -0.25) is 10.2 Å². The fraction of sp³-hybridized carbons (Fsp3) is 0.222. The number of anilines is 1. The summed E-state index contributed by atoms with van der Waals surface area (Å²) >= 11 is 0. The number of amides is 1. The second-order valence-corrected chi connectivity index (χ2v) is 5.65. The van der Waals surface area contributed by atoms with Gasteiger partial charge < -0.3 is 10.6 Å². The number of hydrogen-bond acceptors (Lipinski definition) is 2. The maximum absolute atomic E-state index is 14.0. The monoisotopic (exact) mass is 311 g/mol. The van der Waals surface area contributed by atoms with Crippen LogP contribution < -0.4 is 10.6 Å². The molecular weight excluding hydrogens is 293 g/mol. The molecule has 0 spiro atoms. The Morgan fingerprint density at radius 2 is 1.87 bits per heavy atom. The number of rotatable bonds is 4.